The summed E-state index contributed by atoms with van der Waals surface area (Å²) in [6, 6.07) is 6.09. The fourth-order valence-electron chi connectivity index (χ4n) is 1.66. The van der Waals surface area contributed by atoms with Crippen molar-refractivity contribution < 1.29 is 4.42 Å². The molecule has 0 saturated carbocycles. The third-order valence-corrected chi connectivity index (χ3v) is 2.60. The minimum atomic E-state index is 0.123. The van der Waals surface area contributed by atoms with Gasteiger partial charge in [-0.25, -0.2) is 0 Å². The first kappa shape index (κ1) is 11.5. The summed E-state index contributed by atoms with van der Waals surface area (Å²) >= 11 is 0. The molecule has 0 fully saturated rings. The molecule has 0 aromatic carbocycles. The third kappa shape index (κ3) is 2.78. The Morgan fingerprint density at radius 2 is 2.00 bits per heavy atom. The number of nitrogens with zero attached hydrogens (tertiary/aromatic N) is 1. The maximum Gasteiger partial charge on any atom is 0.126 e. The van der Waals surface area contributed by atoms with Crippen LogP contribution in [0.1, 0.15) is 24.5 Å². The zero-order valence-electron chi connectivity index (χ0n) is 10.3. The van der Waals surface area contributed by atoms with Crippen LogP contribution in [0.25, 0.3) is 0 Å². The highest BCUT2D eigenvalue weighted by molar-refractivity contribution is 5.54. The van der Waals surface area contributed by atoms with E-state index in [9.17, 15) is 0 Å². The predicted octanol–water partition coefficient (Wildman–Crippen LogP) is 3.20. The van der Waals surface area contributed by atoms with Crippen LogP contribution < -0.4 is 10.6 Å². The lowest BCUT2D eigenvalue weighted by Gasteiger charge is -2.13. The van der Waals surface area contributed by atoms with Gasteiger partial charge in [0.2, 0.25) is 0 Å². The number of furan rings is 1. The van der Waals surface area contributed by atoms with Crippen LogP contribution in [0.3, 0.4) is 0 Å². The number of nitrogens with one attached hydrogen (secondary N) is 2. The van der Waals surface area contributed by atoms with Gasteiger partial charge in [0, 0.05) is 7.05 Å². The van der Waals surface area contributed by atoms with Gasteiger partial charge in [-0.05, 0) is 32.0 Å². The lowest BCUT2D eigenvalue weighted by Crippen LogP contribution is -2.06. The molecular formula is C13H17N3O. The average molecular weight is 231 g/mol. The van der Waals surface area contributed by atoms with Gasteiger partial charge in [-0.1, -0.05) is 0 Å². The largest absolute Gasteiger partial charge is 0.464 e. The maximum atomic E-state index is 5.58. The summed E-state index contributed by atoms with van der Waals surface area (Å²) in [5.74, 6) is 1.85. The molecule has 1 unspecified atom stereocenters. The van der Waals surface area contributed by atoms with Gasteiger partial charge in [0.15, 0.2) is 0 Å². The summed E-state index contributed by atoms with van der Waals surface area (Å²) < 4.78 is 5.58. The van der Waals surface area contributed by atoms with Crippen LogP contribution in [0.15, 0.2) is 35.0 Å². The molecule has 0 aliphatic carbocycles. The molecule has 0 aliphatic heterocycles. The molecular weight excluding hydrogens is 214 g/mol. The summed E-state index contributed by atoms with van der Waals surface area (Å²) in [6.07, 6.45) is 3.58. The molecule has 2 heterocycles. The van der Waals surface area contributed by atoms with Crippen molar-refractivity contribution in [3.05, 3.63) is 42.1 Å². The molecule has 0 spiro atoms. The second-order valence-electron chi connectivity index (χ2n) is 4.03. The van der Waals surface area contributed by atoms with Crippen molar-refractivity contribution in [2.75, 3.05) is 17.7 Å². The van der Waals surface area contributed by atoms with Crippen LogP contribution in [0.2, 0.25) is 0 Å². The summed E-state index contributed by atoms with van der Waals surface area (Å²) in [6.45, 7) is 4.00. The first-order valence-corrected chi connectivity index (χ1v) is 5.64. The van der Waals surface area contributed by atoms with Crippen molar-refractivity contribution in [3.8, 4) is 0 Å². The molecule has 90 valence electrons. The molecule has 2 aromatic heterocycles. The normalized spacial score (nSPS) is 12.2. The summed E-state index contributed by atoms with van der Waals surface area (Å²) in [4.78, 5) is 4.15. The van der Waals surface area contributed by atoms with Crippen LogP contribution in [-0.4, -0.2) is 12.0 Å². The number of hydrogen-bond acceptors (Lipinski definition) is 4. The molecule has 2 rings (SSSR count). The highest BCUT2D eigenvalue weighted by atomic mass is 16.3. The summed E-state index contributed by atoms with van der Waals surface area (Å²) in [7, 11) is 1.88. The van der Waals surface area contributed by atoms with Gasteiger partial charge in [0.05, 0.1) is 29.8 Å². The molecule has 0 radical (unpaired) electrons. The van der Waals surface area contributed by atoms with Crippen LogP contribution in [-0.2, 0) is 0 Å². The van der Waals surface area contributed by atoms with Gasteiger partial charge in [-0.3, -0.25) is 4.98 Å². The Hall–Kier alpha value is -1.97. The highest BCUT2D eigenvalue weighted by Crippen LogP contribution is 2.21. The summed E-state index contributed by atoms with van der Waals surface area (Å²) in [5, 5.41) is 6.41. The van der Waals surface area contributed by atoms with Gasteiger partial charge < -0.3 is 15.1 Å². The molecule has 0 amide bonds. The Kier molecular flexibility index (Phi) is 3.32. The molecule has 0 bridgehead atoms. The number of hydrogen-bond donors (Lipinski definition) is 2. The van der Waals surface area contributed by atoms with Gasteiger partial charge in [-0.2, -0.15) is 0 Å². The van der Waals surface area contributed by atoms with Gasteiger partial charge in [0.1, 0.15) is 11.5 Å². The molecule has 2 aromatic rings. The number of aromatic nitrogens is 1. The van der Waals surface area contributed by atoms with E-state index in [0.29, 0.717) is 0 Å². The second-order valence-corrected chi connectivity index (χ2v) is 4.03. The van der Waals surface area contributed by atoms with E-state index in [2.05, 4.69) is 22.5 Å². The number of pyridine rings is 1. The molecule has 17 heavy (non-hydrogen) atoms. The zero-order chi connectivity index (χ0) is 12.3. The molecule has 0 aliphatic rings. The van der Waals surface area contributed by atoms with E-state index >= 15 is 0 Å². The maximum absolute atomic E-state index is 5.58. The van der Waals surface area contributed by atoms with Gasteiger partial charge in [0.25, 0.3) is 0 Å². The van der Waals surface area contributed by atoms with Crippen LogP contribution in [0.5, 0.6) is 0 Å². The first-order valence-electron chi connectivity index (χ1n) is 5.64. The Bertz CT molecular complexity index is 493. The minimum absolute atomic E-state index is 0.123. The van der Waals surface area contributed by atoms with Crippen molar-refractivity contribution in [1.29, 1.82) is 0 Å². The molecule has 0 saturated heterocycles. The Morgan fingerprint density at radius 1 is 1.24 bits per heavy atom. The lowest BCUT2D eigenvalue weighted by atomic mass is 10.2. The van der Waals surface area contributed by atoms with Crippen molar-refractivity contribution in [1.82, 2.24) is 4.98 Å². The number of aryl methyl sites for hydroxylation is 1. The van der Waals surface area contributed by atoms with E-state index in [1.54, 1.807) is 12.4 Å². The Labute approximate surface area is 101 Å². The second kappa shape index (κ2) is 4.91. The molecule has 4 nitrogen and oxygen atoms in total. The average Bonchev–Trinajstić information content (AvgIpc) is 2.76. The van der Waals surface area contributed by atoms with E-state index in [-0.39, 0.29) is 6.04 Å². The van der Waals surface area contributed by atoms with Gasteiger partial charge in [-0.15, -0.1) is 0 Å². The topological polar surface area (TPSA) is 50.1 Å². The van der Waals surface area contributed by atoms with Crippen molar-refractivity contribution in [3.63, 3.8) is 0 Å². The summed E-state index contributed by atoms with van der Waals surface area (Å²) in [5.41, 5.74) is 1.95. The minimum Gasteiger partial charge on any atom is -0.464 e. The quantitative estimate of drug-likeness (QED) is 0.848. The van der Waals surface area contributed by atoms with Crippen molar-refractivity contribution in [2.45, 2.75) is 19.9 Å². The Morgan fingerprint density at radius 3 is 2.65 bits per heavy atom. The predicted molar refractivity (Wildman–Crippen MR) is 69.3 cm³/mol. The number of anilines is 2. The van der Waals surface area contributed by atoms with Crippen LogP contribution >= 0.6 is 0 Å². The lowest BCUT2D eigenvalue weighted by molar-refractivity contribution is 0.467. The highest BCUT2D eigenvalue weighted by Gasteiger charge is 2.09. The fraction of sp³-hybridized carbons (Fsp3) is 0.308. The zero-order valence-corrected chi connectivity index (χ0v) is 10.3. The fourth-order valence-corrected chi connectivity index (χ4v) is 1.66. The van der Waals surface area contributed by atoms with Crippen LogP contribution in [0.4, 0.5) is 11.4 Å². The van der Waals surface area contributed by atoms with Crippen molar-refractivity contribution in [2.24, 2.45) is 0 Å². The van der Waals surface area contributed by atoms with E-state index in [0.717, 1.165) is 22.9 Å². The van der Waals surface area contributed by atoms with Crippen molar-refractivity contribution >= 4 is 11.4 Å². The van der Waals surface area contributed by atoms with E-state index in [1.807, 2.05) is 32.2 Å². The van der Waals surface area contributed by atoms with Crippen LogP contribution in [0, 0.1) is 6.92 Å². The van der Waals surface area contributed by atoms with E-state index in [1.165, 1.54) is 0 Å². The van der Waals surface area contributed by atoms with Gasteiger partial charge >= 0.3 is 0 Å². The molecule has 4 heteroatoms. The molecule has 2 N–H and O–H groups in total. The Balaban J connectivity index is 2.09. The third-order valence-electron chi connectivity index (χ3n) is 2.60. The molecule has 1 atom stereocenters. The smallest absolute Gasteiger partial charge is 0.126 e. The van der Waals surface area contributed by atoms with E-state index < -0.39 is 0 Å². The number of rotatable bonds is 4. The van der Waals surface area contributed by atoms with E-state index in [4.69, 9.17) is 4.42 Å². The standard InChI is InChI=1S/C13H17N3O/c1-9-4-5-13(17-9)10(2)16-12-6-11(14-3)7-15-8-12/h4-8,10,14,16H,1-3H3. The first-order chi connectivity index (χ1) is 8.19. The monoisotopic (exact) mass is 231 g/mol. The SMILES string of the molecule is CNc1cncc(NC(C)c2ccc(C)o2)c1.